The summed E-state index contributed by atoms with van der Waals surface area (Å²) in [7, 11) is 0. The number of nitrogens with zero attached hydrogens (tertiary/aromatic N) is 2. The SMILES string of the molecule is Cc1cc(CC(=O)N2CCNCC2c2cccc(Cl)c2)n[nH]1.Cl. The van der Waals surface area contributed by atoms with Gasteiger partial charge in [-0.15, -0.1) is 12.4 Å². The molecule has 1 aromatic heterocycles. The quantitative estimate of drug-likeness (QED) is 0.890. The van der Waals surface area contributed by atoms with Crippen molar-refractivity contribution >= 4 is 29.9 Å². The van der Waals surface area contributed by atoms with Gasteiger partial charge in [0, 0.05) is 30.4 Å². The van der Waals surface area contributed by atoms with Crippen LogP contribution in [0.2, 0.25) is 5.02 Å². The number of nitrogens with one attached hydrogen (secondary N) is 2. The lowest BCUT2D eigenvalue weighted by atomic mass is 10.0. The molecule has 1 aliphatic heterocycles. The van der Waals surface area contributed by atoms with Crippen LogP contribution in [-0.4, -0.2) is 40.6 Å². The highest BCUT2D eigenvalue weighted by Crippen LogP contribution is 2.25. The number of aryl methyl sites for hydroxylation is 1. The zero-order valence-electron chi connectivity index (χ0n) is 12.9. The van der Waals surface area contributed by atoms with Gasteiger partial charge in [-0.25, -0.2) is 0 Å². The molecule has 7 heteroatoms. The Morgan fingerprint density at radius 2 is 2.26 bits per heavy atom. The van der Waals surface area contributed by atoms with Crippen molar-refractivity contribution in [2.45, 2.75) is 19.4 Å². The van der Waals surface area contributed by atoms with Crippen molar-refractivity contribution in [3.8, 4) is 0 Å². The van der Waals surface area contributed by atoms with Crippen molar-refractivity contribution in [2.75, 3.05) is 19.6 Å². The zero-order valence-corrected chi connectivity index (χ0v) is 14.5. The number of rotatable bonds is 3. The molecular weight excluding hydrogens is 335 g/mol. The van der Waals surface area contributed by atoms with E-state index in [4.69, 9.17) is 11.6 Å². The molecule has 0 aliphatic carbocycles. The standard InChI is InChI=1S/C16H19ClN4O.ClH/c1-11-7-14(20-19-11)9-16(22)21-6-5-18-10-15(21)12-3-2-4-13(17)8-12;/h2-4,7-8,15,18H,5-6,9-10H2,1H3,(H,19,20);1H. The molecule has 1 aliphatic rings. The molecule has 1 atom stereocenters. The van der Waals surface area contributed by atoms with E-state index in [-0.39, 0.29) is 24.4 Å². The third-order valence-corrected chi connectivity index (χ3v) is 4.12. The van der Waals surface area contributed by atoms with Crippen molar-refractivity contribution in [3.63, 3.8) is 0 Å². The Balaban J connectivity index is 0.00000192. The van der Waals surface area contributed by atoms with Gasteiger partial charge in [0.25, 0.3) is 0 Å². The van der Waals surface area contributed by atoms with Crippen LogP contribution in [0, 0.1) is 6.92 Å². The topological polar surface area (TPSA) is 61.0 Å². The van der Waals surface area contributed by atoms with Gasteiger partial charge in [-0.1, -0.05) is 23.7 Å². The molecule has 0 spiro atoms. The third-order valence-electron chi connectivity index (χ3n) is 3.89. The second kappa shape index (κ2) is 7.81. The number of piperazine rings is 1. The number of H-pyrrole nitrogens is 1. The number of carbonyl (C=O) groups excluding carboxylic acids is 1. The number of halogens is 2. The van der Waals surface area contributed by atoms with Gasteiger partial charge in [0.1, 0.15) is 0 Å². The van der Waals surface area contributed by atoms with Crippen molar-refractivity contribution < 1.29 is 4.79 Å². The molecule has 1 saturated heterocycles. The minimum absolute atomic E-state index is 0. The summed E-state index contributed by atoms with van der Waals surface area (Å²) < 4.78 is 0. The van der Waals surface area contributed by atoms with E-state index in [9.17, 15) is 4.79 Å². The number of amides is 1. The molecule has 1 amide bonds. The highest BCUT2D eigenvalue weighted by molar-refractivity contribution is 6.30. The molecule has 1 fully saturated rings. The summed E-state index contributed by atoms with van der Waals surface area (Å²) in [6.07, 6.45) is 0.321. The van der Waals surface area contributed by atoms with Gasteiger partial charge in [-0.3, -0.25) is 9.89 Å². The van der Waals surface area contributed by atoms with E-state index in [1.165, 1.54) is 0 Å². The second-order valence-electron chi connectivity index (χ2n) is 5.58. The molecule has 2 aromatic rings. The molecule has 2 heterocycles. The lowest BCUT2D eigenvalue weighted by Gasteiger charge is -2.36. The van der Waals surface area contributed by atoms with Crippen LogP contribution in [0.3, 0.4) is 0 Å². The van der Waals surface area contributed by atoms with Gasteiger partial charge in [-0.2, -0.15) is 5.10 Å². The molecule has 3 rings (SSSR count). The summed E-state index contributed by atoms with van der Waals surface area (Å²) in [6.45, 7) is 4.17. The van der Waals surface area contributed by atoms with E-state index in [1.807, 2.05) is 42.2 Å². The van der Waals surface area contributed by atoms with E-state index in [0.717, 1.165) is 30.0 Å². The van der Waals surface area contributed by atoms with Gasteiger partial charge in [-0.05, 0) is 30.7 Å². The number of aromatic nitrogens is 2. The number of hydrogen-bond acceptors (Lipinski definition) is 3. The van der Waals surface area contributed by atoms with E-state index < -0.39 is 0 Å². The minimum Gasteiger partial charge on any atom is -0.333 e. The van der Waals surface area contributed by atoms with Crippen molar-refractivity contribution in [1.82, 2.24) is 20.4 Å². The van der Waals surface area contributed by atoms with E-state index in [1.54, 1.807) is 0 Å². The number of aromatic amines is 1. The van der Waals surface area contributed by atoms with Crippen LogP contribution in [0.15, 0.2) is 30.3 Å². The molecule has 23 heavy (non-hydrogen) atoms. The van der Waals surface area contributed by atoms with Crippen molar-refractivity contribution in [2.24, 2.45) is 0 Å². The summed E-state index contributed by atoms with van der Waals surface area (Å²) >= 11 is 6.09. The minimum atomic E-state index is 0. The molecular formula is C16H20Cl2N4O. The van der Waals surface area contributed by atoms with Gasteiger partial charge < -0.3 is 10.2 Å². The first kappa shape index (κ1) is 17.8. The summed E-state index contributed by atoms with van der Waals surface area (Å²) in [5.74, 6) is 0.0953. The first-order valence-electron chi connectivity index (χ1n) is 7.40. The molecule has 0 radical (unpaired) electrons. The average Bonchev–Trinajstić information content (AvgIpc) is 2.92. The molecule has 1 unspecified atom stereocenters. The fourth-order valence-electron chi connectivity index (χ4n) is 2.84. The second-order valence-corrected chi connectivity index (χ2v) is 6.02. The van der Waals surface area contributed by atoms with E-state index >= 15 is 0 Å². The summed E-state index contributed by atoms with van der Waals surface area (Å²) in [5, 5.41) is 11.1. The Hall–Kier alpha value is -1.56. The van der Waals surface area contributed by atoms with Crippen LogP contribution in [0.25, 0.3) is 0 Å². The van der Waals surface area contributed by atoms with Gasteiger partial charge >= 0.3 is 0 Å². The Labute approximate surface area is 146 Å². The predicted octanol–water partition coefficient (Wildman–Crippen LogP) is 2.51. The molecule has 5 nitrogen and oxygen atoms in total. The monoisotopic (exact) mass is 354 g/mol. The van der Waals surface area contributed by atoms with Crippen LogP contribution >= 0.6 is 24.0 Å². The highest BCUT2D eigenvalue weighted by Gasteiger charge is 2.28. The fraction of sp³-hybridized carbons (Fsp3) is 0.375. The van der Waals surface area contributed by atoms with Gasteiger partial charge in [0.15, 0.2) is 0 Å². The first-order valence-corrected chi connectivity index (χ1v) is 7.78. The van der Waals surface area contributed by atoms with Crippen LogP contribution in [0.5, 0.6) is 0 Å². The molecule has 1 aromatic carbocycles. The van der Waals surface area contributed by atoms with Crippen LogP contribution in [0.1, 0.15) is 23.0 Å². The normalized spacial score (nSPS) is 17.7. The largest absolute Gasteiger partial charge is 0.333 e. The number of carbonyl (C=O) groups is 1. The molecule has 2 N–H and O–H groups in total. The zero-order chi connectivity index (χ0) is 15.5. The lowest BCUT2D eigenvalue weighted by molar-refractivity contribution is -0.133. The number of hydrogen-bond donors (Lipinski definition) is 2. The number of benzene rings is 1. The smallest absolute Gasteiger partial charge is 0.229 e. The molecule has 124 valence electrons. The van der Waals surface area contributed by atoms with Crippen molar-refractivity contribution in [3.05, 3.63) is 52.3 Å². The Bertz CT molecular complexity index is 674. The Kier molecular flexibility index (Phi) is 6.04. The van der Waals surface area contributed by atoms with Gasteiger partial charge in [0.05, 0.1) is 18.2 Å². The summed E-state index contributed by atoms with van der Waals surface area (Å²) in [6, 6.07) is 9.64. The molecule has 0 saturated carbocycles. The summed E-state index contributed by atoms with van der Waals surface area (Å²) in [4.78, 5) is 14.6. The third kappa shape index (κ3) is 4.25. The van der Waals surface area contributed by atoms with Crippen molar-refractivity contribution in [1.29, 1.82) is 0 Å². The predicted molar refractivity (Wildman–Crippen MR) is 93.1 cm³/mol. The van der Waals surface area contributed by atoms with Crippen LogP contribution in [0.4, 0.5) is 0 Å². The maximum atomic E-state index is 12.7. The lowest BCUT2D eigenvalue weighted by Crippen LogP contribution is -2.49. The van der Waals surface area contributed by atoms with Crippen LogP contribution in [-0.2, 0) is 11.2 Å². The highest BCUT2D eigenvalue weighted by atomic mass is 35.5. The van der Waals surface area contributed by atoms with E-state index in [2.05, 4.69) is 15.5 Å². The summed E-state index contributed by atoms with van der Waals surface area (Å²) in [5.41, 5.74) is 2.81. The van der Waals surface area contributed by atoms with Crippen LogP contribution < -0.4 is 5.32 Å². The Morgan fingerprint density at radius 3 is 2.96 bits per heavy atom. The molecule has 0 bridgehead atoms. The average molecular weight is 355 g/mol. The van der Waals surface area contributed by atoms with Gasteiger partial charge in [0.2, 0.25) is 5.91 Å². The fourth-order valence-corrected chi connectivity index (χ4v) is 3.03. The maximum absolute atomic E-state index is 12.7. The van der Waals surface area contributed by atoms with E-state index in [0.29, 0.717) is 18.0 Å². The first-order chi connectivity index (χ1) is 10.6. The Morgan fingerprint density at radius 1 is 1.43 bits per heavy atom. The maximum Gasteiger partial charge on any atom is 0.229 e.